The minimum atomic E-state index is -0.523. The molecule has 0 aromatic heterocycles. The second kappa shape index (κ2) is 2.63. The zero-order valence-electron chi connectivity index (χ0n) is 9.64. The molecule has 1 N–H and O–H groups in total. The van der Waals surface area contributed by atoms with E-state index in [-0.39, 0.29) is 10.8 Å². The van der Waals surface area contributed by atoms with Crippen LogP contribution in [0.1, 0.15) is 46.5 Å². The highest BCUT2D eigenvalue weighted by atomic mass is 16.3. The van der Waals surface area contributed by atoms with Crippen molar-refractivity contribution >= 4 is 0 Å². The van der Waals surface area contributed by atoms with Crippen LogP contribution in [0.3, 0.4) is 0 Å². The van der Waals surface area contributed by atoms with E-state index in [9.17, 15) is 5.11 Å². The zero-order valence-corrected chi connectivity index (χ0v) is 9.64. The third-order valence-corrected chi connectivity index (χ3v) is 5.27. The standard InChI is InChI=1S/C13H22O/c1-5-7-13(14)11(2,3)10-6-8-12(13,4)9-10/h5,10,14H,1,6-9H2,2-4H3/t10-,12+,13+/m1/s1. The van der Waals surface area contributed by atoms with Gasteiger partial charge in [0.15, 0.2) is 0 Å². The van der Waals surface area contributed by atoms with E-state index in [1.165, 1.54) is 19.3 Å². The van der Waals surface area contributed by atoms with Crippen LogP contribution >= 0.6 is 0 Å². The second-order valence-corrected chi connectivity index (χ2v) is 6.08. The predicted octanol–water partition coefficient (Wildman–Crippen LogP) is 3.14. The fraction of sp³-hybridized carbons (Fsp3) is 0.846. The van der Waals surface area contributed by atoms with Gasteiger partial charge in [-0.1, -0.05) is 26.8 Å². The van der Waals surface area contributed by atoms with Crippen LogP contribution in [0.15, 0.2) is 12.7 Å². The molecule has 2 rings (SSSR count). The molecule has 2 aliphatic carbocycles. The SMILES string of the molecule is C=CC[C@]1(O)C(C)(C)[C@@H]2CC[C@@]1(C)C2. The molecule has 0 saturated heterocycles. The molecule has 2 fully saturated rings. The lowest BCUT2D eigenvalue weighted by Gasteiger charge is -2.50. The summed E-state index contributed by atoms with van der Waals surface area (Å²) in [5.74, 6) is 0.706. The second-order valence-electron chi connectivity index (χ2n) is 6.08. The van der Waals surface area contributed by atoms with Gasteiger partial charge < -0.3 is 5.11 Å². The highest BCUT2D eigenvalue weighted by Gasteiger charge is 2.67. The highest BCUT2D eigenvalue weighted by Crippen LogP contribution is 2.69. The van der Waals surface area contributed by atoms with Gasteiger partial charge in [-0.2, -0.15) is 0 Å². The number of rotatable bonds is 2. The van der Waals surface area contributed by atoms with Gasteiger partial charge >= 0.3 is 0 Å². The molecule has 0 unspecified atom stereocenters. The molecule has 1 nitrogen and oxygen atoms in total. The van der Waals surface area contributed by atoms with E-state index in [4.69, 9.17) is 0 Å². The molecule has 2 bridgehead atoms. The van der Waals surface area contributed by atoms with Crippen LogP contribution in [0.25, 0.3) is 0 Å². The average Bonchev–Trinajstić information content (AvgIpc) is 2.53. The molecule has 1 heteroatoms. The Kier molecular flexibility index (Phi) is 1.92. The summed E-state index contributed by atoms with van der Waals surface area (Å²) in [5.41, 5.74) is -0.325. The fourth-order valence-corrected chi connectivity index (χ4v) is 4.07. The summed E-state index contributed by atoms with van der Waals surface area (Å²) in [5, 5.41) is 10.9. The first kappa shape index (κ1) is 10.2. The van der Waals surface area contributed by atoms with Crippen molar-refractivity contribution in [1.82, 2.24) is 0 Å². The van der Waals surface area contributed by atoms with Gasteiger partial charge in [0.1, 0.15) is 0 Å². The normalized spacial score (nSPS) is 49.6. The molecule has 0 amide bonds. The molecule has 0 aromatic rings. The quantitative estimate of drug-likeness (QED) is 0.670. The first-order valence-electron chi connectivity index (χ1n) is 5.71. The van der Waals surface area contributed by atoms with Crippen LogP contribution in [-0.4, -0.2) is 10.7 Å². The van der Waals surface area contributed by atoms with Crippen molar-refractivity contribution in [3.8, 4) is 0 Å². The van der Waals surface area contributed by atoms with E-state index >= 15 is 0 Å². The first-order chi connectivity index (χ1) is 6.37. The summed E-state index contributed by atoms with van der Waals surface area (Å²) in [4.78, 5) is 0. The lowest BCUT2D eigenvalue weighted by atomic mass is 9.59. The number of hydrogen-bond donors (Lipinski definition) is 1. The largest absolute Gasteiger partial charge is 0.388 e. The van der Waals surface area contributed by atoms with Crippen LogP contribution < -0.4 is 0 Å². The van der Waals surface area contributed by atoms with Crippen LogP contribution in [-0.2, 0) is 0 Å². The molecule has 80 valence electrons. The van der Waals surface area contributed by atoms with Gasteiger partial charge in [0.2, 0.25) is 0 Å². The van der Waals surface area contributed by atoms with Gasteiger partial charge in [0.05, 0.1) is 5.60 Å². The maximum atomic E-state index is 10.9. The first-order valence-corrected chi connectivity index (χ1v) is 5.71. The molecule has 0 heterocycles. The van der Waals surface area contributed by atoms with Crippen molar-refractivity contribution < 1.29 is 5.11 Å². The summed E-state index contributed by atoms with van der Waals surface area (Å²) in [6, 6.07) is 0. The van der Waals surface area contributed by atoms with E-state index in [0.717, 1.165) is 6.42 Å². The lowest BCUT2D eigenvalue weighted by molar-refractivity contribution is -0.140. The maximum Gasteiger partial charge on any atom is 0.0788 e. The van der Waals surface area contributed by atoms with Gasteiger partial charge in [-0.05, 0) is 42.4 Å². The molecule has 2 saturated carbocycles. The third kappa shape index (κ3) is 0.894. The Morgan fingerprint density at radius 1 is 1.43 bits per heavy atom. The Balaban J connectivity index is 2.43. The molecule has 2 aliphatic rings. The number of aliphatic hydroxyl groups is 1. The van der Waals surface area contributed by atoms with Crippen molar-refractivity contribution in [2.45, 2.75) is 52.1 Å². The van der Waals surface area contributed by atoms with Gasteiger partial charge in [-0.25, -0.2) is 0 Å². The van der Waals surface area contributed by atoms with Crippen molar-refractivity contribution in [3.05, 3.63) is 12.7 Å². The Morgan fingerprint density at radius 3 is 2.50 bits per heavy atom. The number of hydrogen-bond acceptors (Lipinski definition) is 1. The maximum absolute atomic E-state index is 10.9. The summed E-state index contributed by atoms with van der Waals surface area (Å²) in [6.07, 6.45) is 6.30. The van der Waals surface area contributed by atoms with E-state index in [1.54, 1.807) is 0 Å². The predicted molar refractivity (Wildman–Crippen MR) is 59.0 cm³/mol. The van der Waals surface area contributed by atoms with Crippen molar-refractivity contribution in [2.75, 3.05) is 0 Å². The van der Waals surface area contributed by atoms with Crippen molar-refractivity contribution in [1.29, 1.82) is 0 Å². The minimum absolute atomic E-state index is 0.0637. The average molecular weight is 194 g/mol. The van der Waals surface area contributed by atoms with E-state index < -0.39 is 5.60 Å². The Bertz CT molecular complexity index is 262. The molecule has 0 radical (unpaired) electrons. The molecule has 0 aliphatic heterocycles. The zero-order chi connectivity index (χ0) is 10.6. The van der Waals surface area contributed by atoms with Gasteiger partial charge in [0, 0.05) is 0 Å². The molecule has 3 atom stereocenters. The molecule has 14 heavy (non-hydrogen) atoms. The summed E-state index contributed by atoms with van der Waals surface area (Å²) in [6.45, 7) is 10.5. The summed E-state index contributed by atoms with van der Waals surface area (Å²) < 4.78 is 0. The molecule has 0 aromatic carbocycles. The molecule has 0 spiro atoms. The molecular formula is C13H22O. The Morgan fingerprint density at radius 2 is 2.07 bits per heavy atom. The van der Waals surface area contributed by atoms with Crippen molar-refractivity contribution in [3.63, 3.8) is 0 Å². The van der Waals surface area contributed by atoms with Crippen LogP contribution in [0.4, 0.5) is 0 Å². The summed E-state index contributed by atoms with van der Waals surface area (Å²) >= 11 is 0. The fourth-order valence-electron chi connectivity index (χ4n) is 4.07. The topological polar surface area (TPSA) is 20.2 Å². The Hall–Kier alpha value is -0.300. The smallest absolute Gasteiger partial charge is 0.0788 e. The van der Waals surface area contributed by atoms with E-state index in [1.807, 2.05) is 6.08 Å². The van der Waals surface area contributed by atoms with E-state index in [0.29, 0.717) is 5.92 Å². The minimum Gasteiger partial charge on any atom is -0.388 e. The monoisotopic (exact) mass is 194 g/mol. The third-order valence-electron chi connectivity index (χ3n) is 5.27. The number of fused-ring (bicyclic) bond motifs is 2. The Labute approximate surface area is 87.2 Å². The van der Waals surface area contributed by atoms with Crippen molar-refractivity contribution in [2.24, 2.45) is 16.7 Å². The highest BCUT2D eigenvalue weighted by molar-refractivity contribution is 5.19. The lowest BCUT2D eigenvalue weighted by Crippen LogP contribution is -2.53. The van der Waals surface area contributed by atoms with Gasteiger partial charge in [-0.15, -0.1) is 6.58 Å². The van der Waals surface area contributed by atoms with E-state index in [2.05, 4.69) is 27.4 Å². The summed E-state index contributed by atoms with van der Waals surface area (Å²) in [7, 11) is 0. The van der Waals surface area contributed by atoms with Gasteiger partial charge in [-0.3, -0.25) is 0 Å². The van der Waals surface area contributed by atoms with Crippen LogP contribution in [0.5, 0.6) is 0 Å². The van der Waals surface area contributed by atoms with Crippen LogP contribution in [0.2, 0.25) is 0 Å². The van der Waals surface area contributed by atoms with Gasteiger partial charge in [0.25, 0.3) is 0 Å². The van der Waals surface area contributed by atoms with Crippen LogP contribution in [0, 0.1) is 16.7 Å². The molecular weight excluding hydrogens is 172 g/mol.